The minimum atomic E-state index is -0.0157. The molecule has 1 amide bonds. The highest BCUT2D eigenvalue weighted by molar-refractivity contribution is 5.77. The molecule has 0 aliphatic heterocycles. The van der Waals surface area contributed by atoms with Crippen LogP contribution in [0.25, 0.3) is 0 Å². The maximum atomic E-state index is 11.2. The molecule has 94 valence electrons. The zero-order valence-corrected chi connectivity index (χ0v) is 10.3. The molecule has 0 fully saturated rings. The Kier molecular flexibility index (Phi) is 10.00. The van der Waals surface area contributed by atoms with Crippen LogP contribution >= 0.6 is 0 Å². The van der Waals surface area contributed by atoms with Crippen LogP contribution in [0.4, 0.5) is 0 Å². The molecular weight excluding hydrogens is 206 g/mol. The van der Waals surface area contributed by atoms with E-state index in [-0.39, 0.29) is 5.91 Å². The quantitative estimate of drug-likeness (QED) is 0.390. The van der Waals surface area contributed by atoms with E-state index >= 15 is 0 Å². The number of ether oxygens (including phenoxy) is 1. The maximum absolute atomic E-state index is 11.2. The minimum absolute atomic E-state index is 0.0157. The number of hydrogen-bond donors (Lipinski definition) is 2. The third-order valence-corrected chi connectivity index (χ3v) is 1.83. The van der Waals surface area contributed by atoms with E-state index in [1.165, 1.54) is 0 Å². The predicted octanol–water partition coefficient (Wildman–Crippen LogP) is -0.544. The average Bonchev–Trinajstić information content (AvgIpc) is 2.23. The molecule has 0 aromatic carbocycles. The van der Waals surface area contributed by atoms with E-state index in [0.717, 1.165) is 6.54 Å². The molecule has 0 aliphatic carbocycles. The summed E-state index contributed by atoms with van der Waals surface area (Å²) in [7, 11) is 3.99. The van der Waals surface area contributed by atoms with Gasteiger partial charge in [0.05, 0.1) is 19.8 Å². The number of carbonyl (C=O) groups excluding carboxylic acids is 1. The summed E-state index contributed by atoms with van der Waals surface area (Å²) in [5.41, 5.74) is 0. The van der Waals surface area contributed by atoms with E-state index in [2.05, 4.69) is 22.1 Å². The second kappa shape index (κ2) is 10.6. The van der Waals surface area contributed by atoms with Crippen molar-refractivity contribution in [1.29, 1.82) is 0 Å². The van der Waals surface area contributed by atoms with Crippen molar-refractivity contribution in [2.24, 2.45) is 0 Å². The highest BCUT2D eigenvalue weighted by Crippen LogP contribution is 1.77. The fourth-order valence-electron chi connectivity index (χ4n) is 0.962. The lowest BCUT2D eigenvalue weighted by Gasteiger charge is -2.10. The van der Waals surface area contributed by atoms with Gasteiger partial charge in [0.15, 0.2) is 0 Å². The molecule has 0 spiro atoms. The van der Waals surface area contributed by atoms with Crippen LogP contribution in [0.5, 0.6) is 0 Å². The van der Waals surface area contributed by atoms with Crippen LogP contribution in [0.15, 0.2) is 12.7 Å². The van der Waals surface area contributed by atoms with Crippen molar-refractivity contribution < 1.29 is 9.53 Å². The maximum Gasteiger partial charge on any atom is 0.234 e. The van der Waals surface area contributed by atoms with Crippen molar-refractivity contribution in [1.82, 2.24) is 15.5 Å². The first kappa shape index (κ1) is 15.1. The van der Waals surface area contributed by atoms with Crippen molar-refractivity contribution in [2.45, 2.75) is 0 Å². The molecule has 5 heteroatoms. The molecule has 0 rings (SSSR count). The minimum Gasteiger partial charge on any atom is -0.378 e. The van der Waals surface area contributed by atoms with Gasteiger partial charge >= 0.3 is 0 Å². The molecule has 0 aromatic rings. The Bertz CT molecular complexity index is 196. The molecule has 16 heavy (non-hydrogen) atoms. The molecule has 0 saturated carbocycles. The lowest BCUT2D eigenvalue weighted by atomic mass is 10.5. The topological polar surface area (TPSA) is 53.6 Å². The van der Waals surface area contributed by atoms with Gasteiger partial charge in [-0.05, 0) is 14.1 Å². The second-order valence-electron chi connectivity index (χ2n) is 3.69. The van der Waals surface area contributed by atoms with Crippen LogP contribution in [0.2, 0.25) is 0 Å². The van der Waals surface area contributed by atoms with Crippen molar-refractivity contribution in [3.63, 3.8) is 0 Å². The van der Waals surface area contributed by atoms with Crippen molar-refractivity contribution in [3.05, 3.63) is 12.7 Å². The first-order valence-corrected chi connectivity index (χ1v) is 5.47. The van der Waals surface area contributed by atoms with Crippen LogP contribution in [0, 0.1) is 0 Å². The zero-order chi connectivity index (χ0) is 12.2. The number of amides is 1. The van der Waals surface area contributed by atoms with Gasteiger partial charge in [0.1, 0.15) is 0 Å². The average molecular weight is 229 g/mol. The number of hydrogen-bond acceptors (Lipinski definition) is 4. The summed E-state index contributed by atoms with van der Waals surface area (Å²) in [6.45, 7) is 7.22. The van der Waals surface area contributed by atoms with Gasteiger partial charge in [0.2, 0.25) is 5.91 Å². The Hall–Kier alpha value is -0.910. The smallest absolute Gasteiger partial charge is 0.234 e. The number of nitrogens with one attached hydrogen (secondary N) is 2. The Morgan fingerprint density at radius 1 is 1.44 bits per heavy atom. The Balaban J connectivity index is 3.18. The summed E-state index contributed by atoms with van der Waals surface area (Å²) in [5.74, 6) is -0.0157. The summed E-state index contributed by atoms with van der Waals surface area (Å²) in [5, 5.41) is 5.68. The standard InChI is InChI=1S/C11H23N3O2/c1-4-5-12-10-11(15)13-6-8-16-9-7-14(2)3/h4,12H,1,5-10H2,2-3H3,(H,13,15). The molecule has 0 aromatic heterocycles. The fourth-order valence-corrected chi connectivity index (χ4v) is 0.962. The number of carbonyl (C=O) groups is 1. The second-order valence-corrected chi connectivity index (χ2v) is 3.69. The van der Waals surface area contributed by atoms with Gasteiger partial charge in [-0.15, -0.1) is 6.58 Å². The van der Waals surface area contributed by atoms with Gasteiger partial charge in [-0.25, -0.2) is 0 Å². The molecule has 0 unspecified atom stereocenters. The first-order valence-electron chi connectivity index (χ1n) is 5.47. The number of nitrogens with zero attached hydrogens (tertiary/aromatic N) is 1. The summed E-state index contributed by atoms with van der Waals surface area (Å²) in [4.78, 5) is 13.2. The van der Waals surface area contributed by atoms with Gasteiger partial charge in [-0.2, -0.15) is 0 Å². The van der Waals surface area contributed by atoms with Gasteiger partial charge in [-0.1, -0.05) is 6.08 Å². The summed E-state index contributed by atoms with van der Waals surface area (Å²) in [6, 6.07) is 0. The molecule has 0 radical (unpaired) electrons. The van der Waals surface area contributed by atoms with Crippen LogP contribution < -0.4 is 10.6 Å². The molecule has 0 saturated heterocycles. The zero-order valence-electron chi connectivity index (χ0n) is 10.3. The van der Waals surface area contributed by atoms with E-state index in [9.17, 15) is 4.79 Å². The number of likely N-dealkylation sites (N-methyl/N-ethyl adjacent to an activating group) is 1. The summed E-state index contributed by atoms with van der Waals surface area (Å²) < 4.78 is 5.33. The lowest BCUT2D eigenvalue weighted by molar-refractivity contribution is -0.120. The highest BCUT2D eigenvalue weighted by Gasteiger charge is 1.98. The van der Waals surface area contributed by atoms with E-state index < -0.39 is 0 Å². The molecular formula is C11H23N3O2. The van der Waals surface area contributed by atoms with Crippen LogP contribution in [-0.2, 0) is 9.53 Å². The lowest BCUT2D eigenvalue weighted by Crippen LogP contribution is -2.35. The normalized spacial score (nSPS) is 10.4. The monoisotopic (exact) mass is 229 g/mol. The van der Waals surface area contributed by atoms with Crippen molar-refractivity contribution in [2.75, 3.05) is 53.5 Å². The number of rotatable bonds is 10. The van der Waals surface area contributed by atoms with E-state index in [1.807, 2.05) is 14.1 Å². The Labute approximate surface area is 97.8 Å². The molecule has 0 heterocycles. The first-order chi connectivity index (χ1) is 7.66. The Morgan fingerprint density at radius 3 is 2.81 bits per heavy atom. The van der Waals surface area contributed by atoms with Crippen LogP contribution in [0.3, 0.4) is 0 Å². The molecule has 2 N–H and O–H groups in total. The van der Waals surface area contributed by atoms with Crippen LogP contribution in [-0.4, -0.2) is 64.3 Å². The molecule has 0 bridgehead atoms. The molecule has 0 aliphatic rings. The van der Waals surface area contributed by atoms with Gasteiger partial charge in [-0.3, -0.25) is 4.79 Å². The third-order valence-electron chi connectivity index (χ3n) is 1.83. The van der Waals surface area contributed by atoms with E-state index in [1.54, 1.807) is 6.08 Å². The molecule has 5 nitrogen and oxygen atoms in total. The third kappa shape index (κ3) is 11.2. The Morgan fingerprint density at radius 2 is 2.19 bits per heavy atom. The fraction of sp³-hybridized carbons (Fsp3) is 0.727. The predicted molar refractivity (Wildman–Crippen MR) is 65.4 cm³/mol. The summed E-state index contributed by atoms with van der Waals surface area (Å²) in [6.07, 6.45) is 1.72. The van der Waals surface area contributed by atoms with Crippen molar-refractivity contribution >= 4 is 5.91 Å². The van der Waals surface area contributed by atoms with E-state index in [4.69, 9.17) is 4.74 Å². The van der Waals surface area contributed by atoms with Gasteiger partial charge in [0.25, 0.3) is 0 Å². The summed E-state index contributed by atoms with van der Waals surface area (Å²) >= 11 is 0. The van der Waals surface area contributed by atoms with Gasteiger partial charge in [0, 0.05) is 19.6 Å². The van der Waals surface area contributed by atoms with Crippen LogP contribution in [0.1, 0.15) is 0 Å². The largest absolute Gasteiger partial charge is 0.378 e. The van der Waals surface area contributed by atoms with Crippen molar-refractivity contribution in [3.8, 4) is 0 Å². The van der Waals surface area contributed by atoms with E-state index in [0.29, 0.717) is 32.8 Å². The molecule has 0 atom stereocenters. The highest BCUT2D eigenvalue weighted by atomic mass is 16.5. The van der Waals surface area contributed by atoms with Gasteiger partial charge < -0.3 is 20.3 Å². The SMILES string of the molecule is C=CCNCC(=O)NCCOCCN(C)C.